The average Bonchev–Trinajstić information content (AvgIpc) is 2.81. The second-order valence-electron chi connectivity index (χ2n) is 2.78. The van der Waals surface area contributed by atoms with Crippen LogP contribution in [0.25, 0.3) is 0 Å². The van der Waals surface area contributed by atoms with E-state index in [4.69, 9.17) is 4.74 Å². The molecule has 1 saturated heterocycles. The van der Waals surface area contributed by atoms with Gasteiger partial charge in [0.05, 0.1) is 6.10 Å². The van der Waals surface area contributed by atoms with E-state index in [0.29, 0.717) is 6.10 Å². The summed E-state index contributed by atoms with van der Waals surface area (Å²) in [6, 6.07) is 0. The maximum atomic E-state index is 9.95. The van der Waals surface area contributed by atoms with Gasteiger partial charge in [-0.2, -0.15) is 0 Å². The Morgan fingerprint density at radius 2 is 2.25 bits per heavy atom. The van der Waals surface area contributed by atoms with E-state index in [1.165, 1.54) is 6.08 Å². The van der Waals surface area contributed by atoms with Crippen molar-refractivity contribution in [1.82, 2.24) is 0 Å². The number of rotatable bonds is 5. The Morgan fingerprint density at radius 1 is 1.42 bits per heavy atom. The van der Waals surface area contributed by atoms with Crippen LogP contribution in [0, 0.1) is 0 Å². The maximum absolute atomic E-state index is 9.95. The van der Waals surface area contributed by atoms with Gasteiger partial charge in [0.15, 0.2) is 0 Å². The van der Waals surface area contributed by atoms with Gasteiger partial charge in [0.25, 0.3) is 0 Å². The first kappa shape index (κ1) is 9.20. The summed E-state index contributed by atoms with van der Waals surface area (Å²) < 4.78 is 5.27. The Balaban J connectivity index is 2.11. The van der Waals surface area contributed by atoms with Gasteiger partial charge >= 0.3 is 0 Å². The van der Waals surface area contributed by atoms with Crippen LogP contribution in [-0.2, 0) is 9.53 Å². The quantitative estimate of drug-likeness (QED) is 0.270. The predicted molar refractivity (Wildman–Crippen MR) is 47.9 cm³/mol. The normalized spacial score (nSPS) is 28.4. The van der Waals surface area contributed by atoms with Crippen molar-refractivity contribution in [1.29, 1.82) is 0 Å². The van der Waals surface area contributed by atoms with Crippen molar-refractivity contribution in [2.75, 3.05) is 0 Å². The summed E-state index contributed by atoms with van der Waals surface area (Å²) in [6.07, 6.45) is 10.8. The van der Waals surface area contributed by atoms with Crippen LogP contribution in [-0.4, -0.2) is 18.5 Å². The van der Waals surface area contributed by atoms with Gasteiger partial charge in [-0.25, -0.2) is 0 Å². The molecule has 0 aliphatic carbocycles. The smallest absolute Gasteiger partial charge is 0.142 e. The van der Waals surface area contributed by atoms with E-state index in [-0.39, 0.29) is 6.10 Å². The number of carbonyl (C=O) groups is 1. The van der Waals surface area contributed by atoms with Crippen molar-refractivity contribution in [2.45, 2.75) is 32.0 Å². The molecular formula is C10H14O2. The fraction of sp³-hybridized carbons (Fsp3) is 0.500. The SMILES string of the molecule is CC/C=C\C[C@H]1O[C@@H]1/C=C/C=O. The summed E-state index contributed by atoms with van der Waals surface area (Å²) in [6.45, 7) is 2.11. The molecule has 2 atom stereocenters. The van der Waals surface area contributed by atoms with Gasteiger partial charge < -0.3 is 4.74 Å². The zero-order valence-electron chi connectivity index (χ0n) is 7.27. The maximum Gasteiger partial charge on any atom is 0.142 e. The van der Waals surface area contributed by atoms with Gasteiger partial charge in [-0.1, -0.05) is 25.2 Å². The van der Waals surface area contributed by atoms with Gasteiger partial charge in [-0.05, 0) is 18.9 Å². The van der Waals surface area contributed by atoms with Gasteiger partial charge in [0.1, 0.15) is 12.4 Å². The first-order valence-electron chi connectivity index (χ1n) is 4.31. The standard InChI is InChI=1S/C10H14O2/c1-2-3-4-6-9-10(12-9)7-5-8-11/h3-5,7-10H,2,6H2,1H3/b4-3-,7-5+/t9-,10-/m1/s1. The van der Waals surface area contributed by atoms with Crippen molar-refractivity contribution < 1.29 is 9.53 Å². The van der Waals surface area contributed by atoms with E-state index in [1.807, 2.05) is 0 Å². The minimum Gasteiger partial charge on any atom is -0.365 e. The third-order valence-electron chi connectivity index (χ3n) is 1.77. The van der Waals surface area contributed by atoms with E-state index < -0.39 is 0 Å². The van der Waals surface area contributed by atoms with E-state index in [9.17, 15) is 4.79 Å². The molecule has 1 aliphatic rings. The predicted octanol–water partition coefficient (Wildman–Crippen LogP) is 1.87. The first-order valence-corrected chi connectivity index (χ1v) is 4.31. The number of allylic oxidation sites excluding steroid dienone is 2. The van der Waals surface area contributed by atoms with E-state index in [1.54, 1.807) is 6.08 Å². The zero-order valence-corrected chi connectivity index (χ0v) is 7.27. The molecule has 1 aliphatic heterocycles. The number of hydrogen-bond acceptors (Lipinski definition) is 2. The summed E-state index contributed by atoms with van der Waals surface area (Å²) in [5, 5.41) is 0. The van der Waals surface area contributed by atoms with Crippen molar-refractivity contribution >= 4 is 6.29 Å². The monoisotopic (exact) mass is 166 g/mol. The first-order chi connectivity index (χ1) is 5.88. The Hall–Kier alpha value is -0.890. The molecule has 0 radical (unpaired) electrons. The third kappa shape index (κ3) is 3.01. The lowest BCUT2D eigenvalue weighted by molar-refractivity contribution is -0.104. The highest BCUT2D eigenvalue weighted by Crippen LogP contribution is 2.26. The third-order valence-corrected chi connectivity index (χ3v) is 1.77. The summed E-state index contributed by atoms with van der Waals surface area (Å²) in [5.74, 6) is 0. The Kier molecular flexibility index (Phi) is 3.74. The van der Waals surface area contributed by atoms with Gasteiger partial charge in [0, 0.05) is 0 Å². The van der Waals surface area contributed by atoms with Crippen LogP contribution in [0.4, 0.5) is 0 Å². The highest BCUT2D eigenvalue weighted by Gasteiger charge is 2.34. The molecule has 1 fully saturated rings. The second kappa shape index (κ2) is 4.88. The highest BCUT2D eigenvalue weighted by molar-refractivity contribution is 5.64. The molecule has 1 rings (SSSR count). The fourth-order valence-electron chi connectivity index (χ4n) is 1.07. The molecule has 0 aromatic rings. The lowest BCUT2D eigenvalue weighted by atomic mass is 10.2. The Morgan fingerprint density at radius 3 is 2.92 bits per heavy atom. The number of ether oxygens (including phenoxy) is 1. The lowest BCUT2D eigenvalue weighted by Gasteiger charge is -1.82. The van der Waals surface area contributed by atoms with Crippen molar-refractivity contribution in [3.8, 4) is 0 Å². The molecule has 0 bridgehead atoms. The minimum atomic E-state index is 0.178. The molecule has 2 nitrogen and oxygen atoms in total. The largest absolute Gasteiger partial charge is 0.365 e. The van der Waals surface area contributed by atoms with Gasteiger partial charge in [-0.3, -0.25) is 4.79 Å². The van der Waals surface area contributed by atoms with Crippen molar-refractivity contribution in [3.63, 3.8) is 0 Å². The summed E-state index contributed by atoms with van der Waals surface area (Å²) in [7, 11) is 0. The van der Waals surface area contributed by atoms with Crippen LogP contribution in [0.5, 0.6) is 0 Å². The molecule has 0 aromatic heterocycles. The summed E-state index contributed by atoms with van der Waals surface area (Å²) in [5.41, 5.74) is 0. The molecule has 0 aromatic carbocycles. The molecule has 12 heavy (non-hydrogen) atoms. The van der Waals surface area contributed by atoms with Crippen molar-refractivity contribution in [2.24, 2.45) is 0 Å². The van der Waals surface area contributed by atoms with Crippen molar-refractivity contribution in [3.05, 3.63) is 24.3 Å². The topological polar surface area (TPSA) is 29.6 Å². The van der Waals surface area contributed by atoms with Gasteiger partial charge in [-0.15, -0.1) is 0 Å². The molecule has 2 heteroatoms. The van der Waals surface area contributed by atoms with Crippen LogP contribution in [0.2, 0.25) is 0 Å². The number of carbonyl (C=O) groups excluding carboxylic acids is 1. The van der Waals surface area contributed by atoms with Crippen LogP contribution in [0.1, 0.15) is 19.8 Å². The van der Waals surface area contributed by atoms with Crippen LogP contribution >= 0.6 is 0 Å². The zero-order chi connectivity index (χ0) is 8.81. The molecular weight excluding hydrogens is 152 g/mol. The molecule has 0 unspecified atom stereocenters. The lowest BCUT2D eigenvalue weighted by Crippen LogP contribution is -1.87. The average molecular weight is 166 g/mol. The molecule has 0 spiro atoms. The molecule has 0 N–H and O–H groups in total. The summed E-state index contributed by atoms with van der Waals surface area (Å²) >= 11 is 0. The fourth-order valence-corrected chi connectivity index (χ4v) is 1.07. The Labute approximate surface area is 72.9 Å². The van der Waals surface area contributed by atoms with Crippen LogP contribution in [0.15, 0.2) is 24.3 Å². The number of aldehydes is 1. The molecule has 0 saturated carbocycles. The molecule has 0 amide bonds. The Bertz CT molecular complexity index is 194. The molecule has 66 valence electrons. The van der Waals surface area contributed by atoms with Gasteiger partial charge in [0.2, 0.25) is 0 Å². The number of hydrogen-bond donors (Lipinski definition) is 0. The highest BCUT2D eigenvalue weighted by atomic mass is 16.6. The van der Waals surface area contributed by atoms with E-state index in [2.05, 4.69) is 19.1 Å². The summed E-state index contributed by atoms with van der Waals surface area (Å²) in [4.78, 5) is 9.95. The van der Waals surface area contributed by atoms with E-state index in [0.717, 1.165) is 19.1 Å². The van der Waals surface area contributed by atoms with Crippen LogP contribution < -0.4 is 0 Å². The molecule has 1 heterocycles. The minimum absolute atomic E-state index is 0.178. The number of epoxide rings is 1. The second-order valence-corrected chi connectivity index (χ2v) is 2.78. The van der Waals surface area contributed by atoms with E-state index >= 15 is 0 Å². The van der Waals surface area contributed by atoms with Crippen LogP contribution in [0.3, 0.4) is 0 Å².